The van der Waals surface area contributed by atoms with E-state index in [1.54, 1.807) is 0 Å². The predicted octanol–water partition coefficient (Wildman–Crippen LogP) is 1.89. The van der Waals surface area contributed by atoms with E-state index < -0.39 is 5.97 Å². The second kappa shape index (κ2) is 5.07. The van der Waals surface area contributed by atoms with E-state index in [0.29, 0.717) is 6.42 Å². The van der Waals surface area contributed by atoms with Crippen molar-refractivity contribution >= 4 is 11.9 Å². The van der Waals surface area contributed by atoms with Crippen LogP contribution in [-0.2, 0) is 9.59 Å². The molecule has 2 fully saturated rings. The maximum atomic E-state index is 12.3. The summed E-state index contributed by atoms with van der Waals surface area (Å²) in [5, 5.41) is 9.14. The zero-order valence-electron chi connectivity index (χ0n) is 10.4. The molecule has 96 valence electrons. The number of rotatable bonds is 2. The summed E-state index contributed by atoms with van der Waals surface area (Å²) >= 11 is 0. The molecule has 4 nitrogen and oxygen atoms in total. The zero-order chi connectivity index (χ0) is 12.4. The first-order valence-corrected chi connectivity index (χ1v) is 6.64. The SMILES string of the molecule is C[C@@H]1[C@H](C(=O)O)CCCN1C(=O)C1CCCC1. The first kappa shape index (κ1) is 12.4. The Morgan fingerprint density at radius 1 is 1.12 bits per heavy atom. The van der Waals surface area contributed by atoms with Crippen molar-refractivity contribution < 1.29 is 14.7 Å². The molecule has 0 radical (unpaired) electrons. The van der Waals surface area contributed by atoms with Crippen LogP contribution in [0.2, 0.25) is 0 Å². The number of nitrogens with zero attached hydrogens (tertiary/aromatic N) is 1. The van der Waals surface area contributed by atoms with Crippen LogP contribution in [0.1, 0.15) is 45.4 Å². The lowest BCUT2D eigenvalue weighted by molar-refractivity contribution is -0.150. The summed E-state index contributed by atoms with van der Waals surface area (Å²) in [6.45, 7) is 2.62. The highest BCUT2D eigenvalue weighted by atomic mass is 16.4. The number of hydrogen-bond donors (Lipinski definition) is 1. The van der Waals surface area contributed by atoms with Gasteiger partial charge in [0.1, 0.15) is 0 Å². The summed E-state index contributed by atoms with van der Waals surface area (Å²) in [5.41, 5.74) is 0. The van der Waals surface area contributed by atoms with Gasteiger partial charge in [0.05, 0.1) is 5.92 Å². The van der Waals surface area contributed by atoms with Crippen molar-refractivity contribution in [1.82, 2.24) is 4.90 Å². The minimum Gasteiger partial charge on any atom is -0.481 e. The van der Waals surface area contributed by atoms with Gasteiger partial charge in [-0.3, -0.25) is 9.59 Å². The van der Waals surface area contributed by atoms with Gasteiger partial charge in [0.25, 0.3) is 0 Å². The van der Waals surface area contributed by atoms with E-state index in [-0.39, 0.29) is 23.8 Å². The number of piperidine rings is 1. The number of hydrogen-bond acceptors (Lipinski definition) is 2. The largest absolute Gasteiger partial charge is 0.481 e. The predicted molar refractivity (Wildman–Crippen MR) is 63.5 cm³/mol. The number of carbonyl (C=O) groups is 2. The van der Waals surface area contributed by atoms with Crippen LogP contribution in [0.25, 0.3) is 0 Å². The Kier molecular flexibility index (Phi) is 3.69. The zero-order valence-corrected chi connectivity index (χ0v) is 10.4. The molecule has 0 unspecified atom stereocenters. The van der Waals surface area contributed by atoms with Crippen LogP contribution in [-0.4, -0.2) is 34.5 Å². The van der Waals surface area contributed by atoms with E-state index in [1.165, 1.54) is 0 Å². The number of carboxylic acid groups (broad SMARTS) is 1. The molecule has 0 bridgehead atoms. The van der Waals surface area contributed by atoms with Crippen molar-refractivity contribution in [2.45, 2.75) is 51.5 Å². The van der Waals surface area contributed by atoms with E-state index in [4.69, 9.17) is 5.11 Å². The maximum absolute atomic E-state index is 12.3. The molecule has 1 amide bonds. The van der Waals surface area contributed by atoms with Gasteiger partial charge in [-0.05, 0) is 32.6 Å². The minimum absolute atomic E-state index is 0.144. The van der Waals surface area contributed by atoms with Crippen LogP contribution in [0.4, 0.5) is 0 Å². The Hall–Kier alpha value is -1.06. The molecule has 17 heavy (non-hydrogen) atoms. The van der Waals surface area contributed by atoms with Crippen molar-refractivity contribution in [2.75, 3.05) is 6.54 Å². The number of amides is 1. The lowest BCUT2D eigenvalue weighted by atomic mass is 9.89. The molecule has 2 rings (SSSR count). The van der Waals surface area contributed by atoms with E-state index in [9.17, 15) is 9.59 Å². The van der Waals surface area contributed by atoms with Gasteiger partial charge in [-0.1, -0.05) is 12.8 Å². The van der Waals surface area contributed by atoms with Crippen molar-refractivity contribution in [3.63, 3.8) is 0 Å². The lowest BCUT2D eigenvalue weighted by Gasteiger charge is -2.38. The fourth-order valence-corrected chi connectivity index (χ4v) is 3.19. The average Bonchev–Trinajstić information content (AvgIpc) is 2.81. The smallest absolute Gasteiger partial charge is 0.308 e. The highest BCUT2D eigenvalue weighted by Crippen LogP contribution is 2.31. The molecule has 0 aromatic rings. The Morgan fingerprint density at radius 2 is 1.76 bits per heavy atom. The summed E-state index contributed by atoms with van der Waals surface area (Å²) in [7, 11) is 0. The van der Waals surface area contributed by atoms with Crippen LogP contribution >= 0.6 is 0 Å². The molecule has 1 saturated carbocycles. The number of carboxylic acids is 1. The van der Waals surface area contributed by atoms with Crippen LogP contribution in [0.15, 0.2) is 0 Å². The Labute approximate surface area is 102 Å². The summed E-state index contributed by atoms with van der Waals surface area (Å²) in [5.74, 6) is -0.790. The highest BCUT2D eigenvalue weighted by Gasteiger charge is 2.38. The van der Waals surface area contributed by atoms with Gasteiger partial charge >= 0.3 is 5.97 Å². The standard InChI is InChI=1S/C13H21NO3/c1-9-11(13(16)17)7-4-8-14(9)12(15)10-5-2-3-6-10/h9-11H,2-8H2,1H3,(H,16,17)/t9-,11-/m1/s1. The molecule has 1 aliphatic heterocycles. The minimum atomic E-state index is -0.763. The summed E-state index contributed by atoms with van der Waals surface area (Å²) in [6.07, 6.45) is 5.77. The van der Waals surface area contributed by atoms with Gasteiger partial charge in [-0.2, -0.15) is 0 Å². The summed E-state index contributed by atoms with van der Waals surface area (Å²) in [6, 6.07) is -0.144. The normalized spacial score (nSPS) is 30.5. The Balaban J connectivity index is 2.04. The molecular formula is C13H21NO3. The fourth-order valence-electron chi connectivity index (χ4n) is 3.19. The van der Waals surface area contributed by atoms with Crippen LogP contribution in [0.3, 0.4) is 0 Å². The monoisotopic (exact) mass is 239 g/mol. The molecular weight excluding hydrogens is 218 g/mol. The molecule has 0 spiro atoms. The maximum Gasteiger partial charge on any atom is 0.308 e. The number of carbonyl (C=O) groups excluding carboxylic acids is 1. The van der Waals surface area contributed by atoms with Crippen LogP contribution in [0, 0.1) is 11.8 Å². The van der Waals surface area contributed by atoms with Crippen LogP contribution < -0.4 is 0 Å². The molecule has 0 aromatic heterocycles. The third-order valence-corrected chi connectivity index (χ3v) is 4.29. The topological polar surface area (TPSA) is 57.6 Å². The molecule has 4 heteroatoms. The molecule has 0 aromatic carbocycles. The van der Waals surface area contributed by atoms with E-state index in [1.807, 2.05) is 11.8 Å². The highest BCUT2D eigenvalue weighted by molar-refractivity contribution is 5.81. The molecule has 1 N–H and O–H groups in total. The van der Waals surface area contributed by atoms with E-state index in [2.05, 4.69) is 0 Å². The summed E-state index contributed by atoms with van der Waals surface area (Å²) < 4.78 is 0. The molecule has 1 saturated heterocycles. The molecule has 2 atom stereocenters. The first-order chi connectivity index (χ1) is 8.11. The Bertz CT molecular complexity index is 310. The average molecular weight is 239 g/mol. The lowest BCUT2D eigenvalue weighted by Crippen LogP contribution is -2.50. The summed E-state index contributed by atoms with van der Waals surface area (Å²) in [4.78, 5) is 25.2. The van der Waals surface area contributed by atoms with Crippen molar-refractivity contribution in [1.29, 1.82) is 0 Å². The molecule has 2 aliphatic rings. The second-order valence-corrected chi connectivity index (χ2v) is 5.34. The molecule has 1 aliphatic carbocycles. The van der Waals surface area contributed by atoms with Crippen molar-refractivity contribution in [2.24, 2.45) is 11.8 Å². The number of aliphatic carboxylic acids is 1. The second-order valence-electron chi connectivity index (χ2n) is 5.34. The van der Waals surface area contributed by atoms with Crippen LogP contribution in [0.5, 0.6) is 0 Å². The van der Waals surface area contributed by atoms with Gasteiger partial charge in [-0.25, -0.2) is 0 Å². The third-order valence-electron chi connectivity index (χ3n) is 4.29. The van der Waals surface area contributed by atoms with Crippen molar-refractivity contribution in [3.8, 4) is 0 Å². The third kappa shape index (κ3) is 2.45. The number of likely N-dealkylation sites (tertiary alicyclic amines) is 1. The van der Waals surface area contributed by atoms with Gasteiger partial charge in [-0.15, -0.1) is 0 Å². The van der Waals surface area contributed by atoms with Gasteiger partial charge < -0.3 is 10.0 Å². The van der Waals surface area contributed by atoms with E-state index in [0.717, 1.165) is 38.6 Å². The van der Waals surface area contributed by atoms with Gasteiger partial charge in [0.15, 0.2) is 0 Å². The Morgan fingerprint density at radius 3 is 2.35 bits per heavy atom. The van der Waals surface area contributed by atoms with E-state index >= 15 is 0 Å². The quantitative estimate of drug-likeness (QED) is 0.800. The molecule has 1 heterocycles. The van der Waals surface area contributed by atoms with Crippen molar-refractivity contribution in [3.05, 3.63) is 0 Å². The van der Waals surface area contributed by atoms with Gasteiger partial charge in [0, 0.05) is 18.5 Å². The van der Waals surface area contributed by atoms with Gasteiger partial charge in [0.2, 0.25) is 5.91 Å². The first-order valence-electron chi connectivity index (χ1n) is 6.64. The fraction of sp³-hybridized carbons (Fsp3) is 0.846.